The molecule has 0 atom stereocenters. The molecule has 0 saturated heterocycles. The zero-order chi connectivity index (χ0) is 8.69. The van der Waals surface area contributed by atoms with Crippen LogP contribution in [0.3, 0.4) is 0 Å². The van der Waals surface area contributed by atoms with Crippen molar-refractivity contribution in [3.05, 3.63) is 0 Å². The molecule has 0 aliphatic heterocycles. The summed E-state index contributed by atoms with van der Waals surface area (Å²) in [6.45, 7) is 2.92. The first kappa shape index (κ1) is 9.94. The molecule has 0 heterocycles. The highest BCUT2D eigenvalue weighted by molar-refractivity contribution is 5.69. The van der Waals surface area contributed by atoms with Gasteiger partial charge >= 0.3 is 5.97 Å². The third-order valence-corrected chi connectivity index (χ3v) is 1.39. The van der Waals surface area contributed by atoms with Crippen LogP contribution < -0.4 is 0 Å². The molecule has 4 nitrogen and oxygen atoms in total. The fourth-order valence-electron chi connectivity index (χ4n) is 0.622. The molecule has 64 valence electrons. The lowest BCUT2D eigenvalue weighted by Crippen LogP contribution is -2.24. The van der Waals surface area contributed by atoms with Gasteiger partial charge in [0.1, 0.15) is 0 Å². The number of carbonyl (C=O) groups excluding carboxylic acids is 2. The number of nitrogens with zero attached hydrogens (tertiary/aromatic N) is 1. The molecule has 0 aliphatic rings. The topological polar surface area (TPSA) is 46.6 Å². The zero-order valence-corrected chi connectivity index (χ0v) is 6.87. The lowest BCUT2D eigenvalue weighted by atomic mass is 10.4. The second-order valence-corrected chi connectivity index (χ2v) is 2.06. The van der Waals surface area contributed by atoms with Crippen molar-refractivity contribution < 1.29 is 14.3 Å². The monoisotopic (exact) mass is 159 g/mol. The Bertz CT molecular complexity index is 136. The molecule has 11 heavy (non-hydrogen) atoms. The molecule has 0 rings (SSSR count). The minimum atomic E-state index is -0.287. The number of esters is 1. The summed E-state index contributed by atoms with van der Waals surface area (Å²) in [5.41, 5.74) is 0. The van der Waals surface area contributed by atoms with E-state index >= 15 is 0 Å². The van der Waals surface area contributed by atoms with E-state index in [9.17, 15) is 9.59 Å². The third kappa shape index (κ3) is 4.36. The molecule has 0 N–H and O–H groups in total. The predicted molar refractivity (Wildman–Crippen MR) is 39.9 cm³/mol. The van der Waals surface area contributed by atoms with Crippen molar-refractivity contribution in [1.82, 2.24) is 4.90 Å². The van der Waals surface area contributed by atoms with Gasteiger partial charge in [-0.3, -0.25) is 9.59 Å². The Morgan fingerprint density at radius 2 is 2.27 bits per heavy atom. The molecule has 1 amide bonds. The number of rotatable bonds is 5. The van der Waals surface area contributed by atoms with Crippen LogP contribution >= 0.6 is 0 Å². The standard InChI is InChI=1S/C7H13NO3/c1-3-8(6-9)5-4-7(10)11-2/h6H,3-5H2,1-2H3. The van der Waals surface area contributed by atoms with Gasteiger partial charge in [0, 0.05) is 13.1 Å². The summed E-state index contributed by atoms with van der Waals surface area (Å²) in [6.07, 6.45) is 0.992. The Morgan fingerprint density at radius 1 is 1.64 bits per heavy atom. The van der Waals surface area contributed by atoms with E-state index in [1.165, 1.54) is 12.0 Å². The molecule has 0 aliphatic carbocycles. The second-order valence-electron chi connectivity index (χ2n) is 2.06. The van der Waals surface area contributed by atoms with Crippen LogP contribution in [0.15, 0.2) is 0 Å². The van der Waals surface area contributed by atoms with E-state index in [1.807, 2.05) is 6.92 Å². The molecule has 4 heteroatoms. The van der Waals surface area contributed by atoms with Crippen LogP contribution in [0, 0.1) is 0 Å². The van der Waals surface area contributed by atoms with Gasteiger partial charge in [-0.1, -0.05) is 0 Å². The fraction of sp³-hybridized carbons (Fsp3) is 0.714. The average Bonchev–Trinajstić information content (AvgIpc) is 2.06. The highest BCUT2D eigenvalue weighted by atomic mass is 16.5. The summed E-state index contributed by atoms with van der Waals surface area (Å²) in [6, 6.07) is 0. The lowest BCUT2D eigenvalue weighted by Gasteiger charge is -2.12. The Hall–Kier alpha value is -1.06. The van der Waals surface area contributed by atoms with Gasteiger partial charge in [-0.15, -0.1) is 0 Å². The van der Waals surface area contributed by atoms with Crippen molar-refractivity contribution in [1.29, 1.82) is 0 Å². The summed E-state index contributed by atoms with van der Waals surface area (Å²) in [5.74, 6) is -0.287. The van der Waals surface area contributed by atoms with E-state index in [0.29, 0.717) is 13.1 Å². The normalized spacial score (nSPS) is 8.91. The van der Waals surface area contributed by atoms with Crippen LogP contribution in [0.4, 0.5) is 0 Å². The molecular formula is C7H13NO3. The molecule has 0 bridgehead atoms. The van der Waals surface area contributed by atoms with E-state index < -0.39 is 0 Å². The van der Waals surface area contributed by atoms with Crippen molar-refractivity contribution >= 4 is 12.4 Å². The maximum Gasteiger partial charge on any atom is 0.307 e. The van der Waals surface area contributed by atoms with Gasteiger partial charge in [0.25, 0.3) is 0 Å². The van der Waals surface area contributed by atoms with Gasteiger partial charge < -0.3 is 9.64 Å². The minimum Gasteiger partial charge on any atom is -0.469 e. The van der Waals surface area contributed by atoms with Gasteiger partial charge in [0.15, 0.2) is 0 Å². The zero-order valence-electron chi connectivity index (χ0n) is 6.87. The number of ether oxygens (including phenoxy) is 1. The van der Waals surface area contributed by atoms with Crippen LogP contribution in [0.25, 0.3) is 0 Å². The molecule has 0 radical (unpaired) electrons. The Morgan fingerprint density at radius 3 is 2.64 bits per heavy atom. The van der Waals surface area contributed by atoms with Crippen molar-refractivity contribution in [2.75, 3.05) is 20.2 Å². The summed E-state index contributed by atoms with van der Waals surface area (Å²) in [5, 5.41) is 0. The summed E-state index contributed by atoms with van der Waals surface area (Å²) >= 11 is 0. The van der Waals surface area contributed by atoms with Crippen LogP contribution in [-0.2, 0) is 14.3 Å². The maximum atomic E-state index is 10.6. The molecule has 0 fully saturated rings. The first-order valence-corrected chi connectivity index (χ1v) is 3.50. The molecule has 0 aromatic heterocycles. The lowest BCUT2D eigenvalue weighted by molar-refractivity contribution is -0.141. The summed E-state index contributed by atoms with van der Waals surface area (Å²) in [4.78, 5) is 22.3. The molecule has 0 aromatic carbocycles. The van der Waals surface area contributed by atoms with E-state index in [4.69, 9.17) is 0 Å². The predicted octanol–water partition coefficient (Wildman–Crippen LogP) is 0.0278. The SMILES string of the molecule is CCN(C=O)CCC(=O)OC. The number of hydrogen-bond donors (Lipinski definition) is 0. The Kier molecular flexibility index (Phi) is 5.15. The number of hydrogen-bond acceptors (Lipinski definition) is 3. The third-order valence-electron chi connectivity index (χ3n) is 1.39. The molecular weight excluding hydrogens is 146 g/mol. The first-order valence-electron chi connectivity index (χ1n) is 3.50. The van der Waals surface area contributed by atoms with E-state index in [-0.39, 0.29) is 12.4 Å². The van der Waals surface area contributed by atoms with Crippen LogP contribution in [0.5, 0.6) is 0 Å². The first-order chi connectivity index (χ1) is 5.24. The smallest absolute Gasteiger partial charge is 0.307 e. The van der Waals surface area contributed by atoms with Crippen molar-refractivity contribution in [2.24, 2.45) is 0 Å². The van der Waals surface area contributed by atoms with Crippen molar-refractivity contribution in [3.63, 3.8) is 0 Å². The van der Waals surface area contributed by atoms with Gasteiger partial charge in [-0.05, 0) is 6.92 Å². The van der Waals surface area contributed by atoms with Crippen molar-refractivity contribution in [2.45, 2.75) is 13.3 Å². The van der Waals surface area contributed by atoms with Crippen LogP contribution in [0.2, 0.25) is 0 Å². The molecule has 0 unspecified atom stereocenters. The number of carbonyl (C=O) groups is 2. The Labute approximate surface area is 66.1 Å². The van der Waals surface area contributed by atoms with Crippen LogP contribution in [0.1, 0.15) is 13.3 Å². The highest BCUT2D eigenvalue weighted by Gasteiger charge is 2.03. The van der Waals surface area contributed by atoms with Gasteiger partial charge in [0.05, 0.1) is 13.5 Å². The van der Waals surface area contributed by atoms with Gasteiger partial charge in [-0.25, -0.2) is 0 Å². The van der Waals surface area contributed by atoms with Crippen molar-refractivity contribution in [3.8, 4) is 0 Å². The van der Waals surface area contributed by atoms with E-state index in [1.54, 1.807) is 0 Å². The van der Waals surface area contributed by atoms with E-state index in [0.717, 1.165) is 6.41 Å². The maximum absolute atomic E-state index is 10.6. The molecule has 0 aromatic rings. The number of amides is 1. The van der Waals surface area contributed by atoms with Gasteiger partial charge in [-0.2, -0.15) is 0 Å². The Balaban J connectivity index is 3.50. The summed E-state index contributed by atoms with van der Waals surface area (Å²) < 4.78 is 4.41. The minimum absolute atomic E-state index is 0.267. The highest BCUT2D eigenvalue weighted by Crippen LogP contribution is 1.88. The van der Waals surface area contributed by atoms with E-state index in [2.05, 4.69) is 4.74 Å². The molecule has 0 saturated carbocycles. The largest absolute Gasteiger partial charge is 0.469 e. The van der Waals surface area contributed by atoms with Crippen LogP contribution in [-0.4, -0.2) is 37.5 Å². The molecule has 0 spiro atoms. The fourth-order valence-corrected chi connectivity index (χ4v) is 0.622. The number of methoxy groups -OCH3 is 1. The quantitative estimate of drug-likeness (QED) is 0.420. The average molecular weight is 159 g/mol. The summed E-state index contributed by atoms with van der Waals surface area (Å²) in [7, 11) is 1.33. The second kappa shape index (κ2) is 5.70. The van der Waals surface area contributed by atoms with Gasteiger partial charge in [0.2, 0.25) is 6.41 Å².